The zero-order chi connectivity index (χ0) is 19.0. The minimum Gasteiger partial charge on any atom is -0.322 e. The fourth-order valence-corrected chi connectivity index (χ4v) is 3.56. The summed E-state index contributed by atoms with van der Waals surface area (Å²) in [6, 6.07) is 14.0. The molecule has 3 N–H and O–H groups in total. The summed E-state index contributed by atoms with van der Waals surface area (Å²) >= 11 is 0. The fourth-order valence-electron chi connectivity index (χ4n) is 2.42. The first-order valence-electron chi connectivity index (χ1n) is 8.65. The van der Waals surface area contributed by atoms with Gasteiger partial charge in [0.2, 0.25) is 10.0 Å². The second-order valence-electron chi connectivity index (χ2n) is 5.93. The van der Waals surface area contributed by atoms with Gasteiger partial charge in [0.15, 0.2) is 0 Å². The number of amides is 1. The molecule has 0 bridgehead atoms. The molecule has 0 aliphatic rings. The van der Waals surface area contributed by atoms with Crippen molar-refractivity contribution in [3.63, 3.8) is 0 Å². The number of sulfonamides is 1. The highest BCUT2D eigenvalue weighted by molar-refractivity contribution is 7.92. The quantitative estimate of drug-likeness (QED) is 0.628. The van der Waals surface area contributed by atoms with Crippen molar-refractivity contribution in [1.29, 1.82) is 0 Å². The minimum atomic E-state index is -3.34. The molecule has 0 fully saturated rings. The van der Waals surface area contributed by atoms with Gasteiger partial charge in [0.05, 0.1) is 5.75 Å². The minimum absolute atomic E-state index is 0.0679. The molecule has 0 saturated heterocycles. The largest absolute Gasteiger partial charge is 0.322 e. The Morgan fingerprint density at radius 2 is 1.73 bits per heavy atom. The van der Waals surface area contributed by atoms with Crippen LogP contribution in [0.15, 0.2) is 48.5 Å². The van der Waals surface area contributed by atoms with Crippen molar-refractivity contribution in [1.82, 2.24) is 5.32 Å². The summed E-state index contributed by atoms with van der Waals surface area (Å²) in [6.07, 6.45) is 0.544. The molecule has 0 aliphatic carbocycles. The Hall–Kier alpha value is -2.38. The van der Waals surface area contributed by atoms with E-state index in [0.717, 1.165) is 24.3 Å². The Labute approximate surface area is 155 Å². The Morgan fingerprint density at radius 1 is 1.00 bits per heavy atom. The predicted octanol–water partition coefficient (Wildman–Crippen LogP) is 3.20. The maximum Gasteiger partial charge on any atom is 0.255 e. The number of carbonyl (C=O) groups excluding carboxylic acids is 1. The molecule has 0 unspecified atom stereocenters. The third kappa shape index (κ3) is 6.16. The topological polar surface area (TPSA) is 87.3 Å². The third-order valence-electron chi connectivity index (χ3n) is 3.66. The van der Waals surface area contributed by atoms with Gasteiger partial charge in [-0.15, -0.1) is 0 Å². The molecule has 0 heterocycles. The standard InChI is InChI=1S/C19H25N3O3S/c1-3-12-26(24,25)22-17-10-8-16(9-11-17)19(23)21-18-7-5-6-15(13-18)14-20-4-2/h5-11,13,20,22H,3-4,12,14H2,1-2H3,(H,21,23). The lowest BCUT2D eigenvalue weighted by atomic mass is 10.1. The number of nitrogens with one attached hydrogen (secondary N) is 3. The van der Waals surface area contributed by atoms with Crippen molar-refractivity contribution in [2.75, 3.05) is 22.3 Å². The average molecular weight is 375 g/mol. The first-order valence-corrected chi connectivity index (χ1v) is 10.3. The summed E-state index contributed by atoms with van der Waals surface area (Å²) in [5.41, 5.74) is 2.71. The summed E-state index contributed by atoms with van der Waals surface area (Å²) in [7, 11) is -3.34. The number of hydrogen-bond acceptors (Lipinski definition) is 4. The fraction of sp³-hybridized carbons (Fsp3) is 0.316. The van der Waals surface area contributed by atoms with Crippen LogP contribution in [0.4, 0.5) is 11.4 Å². The van der Waals surface area contributed by atoms with E-state index < -0.39 is 10.0 Å². The molecule has 0 aromatic heterocycles. The molecule has 6 nitrogen and oxygen atoms in total. The van der Waals surface area contributed by atoms with Crippen LogP contribution in [0.2, 0.25) is 0 Å². The molecule has 2 aromatic rings. The van der Waals surface area contributed by atoms with Crippen LogP contribution < -0.4 is 15.4 Å². The lowest BCUT2D eigenvalue weighted by Gasteiger charge is -2.09. The molecular formula is C19H25N3O3S. The van der Waals surface area contributed by atoms with Crippen LogP contribution in [-0.4, -0.2) is 26.6 Å². The van der Waals surface area contributed by atoms with E-state index in [2.05, 4.69) is 15.4 Å². The van der Waals surface area contributed by atoms with Crippen molar-refractivity contribution >= 4 is 27.3 Å². The van der Waals surface area contributed by atoms with E-state index in [1.54, 1.807) is 31.2 Å². The Kier molecular flexibility index (Phi) is 7.17. The van der Waals surface area contributed by atoms with Crippen LogP contribution in [0, 0.1) is 0 Å². The Bertz CT molecular complexity index is 833. The molecule has 0 atom stereocenters. The van der Waals surface area contributed by atoms with E-state index in [-0.39, 0.29) is 11.7 Å². The van der Waals surface area contributed by atoms with E-state index >= 15 is 0 Å². The molecule has 0 saturated carbocycles. The van der Waals surface area contributed by atoms with Gasteiger partial charge in [-0.25, -0.2) is 8.42 Å². The van der Waals surface area contributed by atoms with Gasteiger partial charge >= 0.3 is 0 Å². The maximum atomic E-state index is 12.4. The van der Waals surface area contributed by atoms with E-state index in [4.69, 9.17) is 0 Å². The van der Waals surface area contributed by atoms with Gasteiger partial charge in [-0.2, -0.15) is 0 Å². The molecule has 2 rings (SSSR count). The van der Waals surface area contributed by atoms with Gasteiger partial charge in [0.25, 0.3) is 5.91 Å². The highest BCUT2D eigenvalue weighted by Crippen LogP contribution is 2.15. The monoisotopic (exact) mass is 375 g/mol. The number of benzene rings is 2. The average Bonchev–Trinajstić information content (AvgIpc) is 2.60. The second kappa shape index (κ2) is 9.35. The van der Waals surface area contributed by atoms with Gasteiger partial charge in [0.1, 0.15) is 0 Å². The van der Waals surface area contributed by atoms with Crippen LogP contribution in [-0.2, 0) is 16.6 Å². The predicted molar refractivity (Wildman–Crippen MR) is 106 cm³/mol. The number of hydrogen-bond donors (Lipinski definition) is 3. The second-order valence-corrected chi connectivity index (χ2v) is 7.77. The Balaban J connectivity index is 2.02. The first-order chi connectivity index (χ1) is 12.4. The van der Waals surface area contributed by atoms with Crippen molar-refractivity contribution in [3.8, 4) is 0 Å². The highest BCUT2D eigenvalue weighted by atomic mass is 32.2. The number of rotatable bonds is 9. The van der Waals surface area contributed by atoms with Crippen LogP contribution in [0.25, 0.3) is 0 Å². The van der Waals surface area contributed by atoms with E-state index in [0.29, 0.717) is 17.7 Å². The summed E-state index contributed by atoms with van der Waals surface area (Å²) < 4.78 is 26.0. The third-order valence-corrected chi connectivity index (χ3v) is 5.15. The highest BCUT2D eigenvalue weighted by Gasteiger charge is 2.10. The molecule has 7 heteroatoms. The molecule has 2 aromatic carbocycles. The van der Waals surface area contributed by atoms with Crippen molar-refractivity contribution in [3.05, 3.63) is 59.7 Å². The lowest BCUT2D eigenvalue weighted by molar-refractivity contribution is 0.102. The summed E-state index contributed by atoms with van der Waals surface area (Å²) in [5.74, 6) is -0.174. The van der Waals surface area contributed by atoms with Crippen molar-refractivity contribution < 1.29 is 13.2 Å². The van der Waals surface area contributed by atoms with Gasteiger partial charge < -0.3 is 10.6 Å². The van der Waals surface area contributed by atoms with Gasteiger partial charge in [-0.05, 0) is 54.9 Å². The molecule has 0 spiro atoms. The van der Waals surface area contributed by atoms with E-state index in [1.807, 2.05) is 31.2 Å². The van der Waals surface area contributed by atoms with E-state index in [1.165, 1.54) is 0 Å². The Morgan fingerprint density at radius 3 is 2.38 bits per heavy atom. The van der Waals surface area contributed by atoms with Gasteiger partial charge in [-0.1, -0.05) is 26.0 Å². The lowest BCUT2D eigenvalue weighted by Crippen LogP contribution is -2.16. The number of anilines is 2. The normalized spacial score (nSPS) is 11.2. The zero-order valence-electron chi connectivity index (χ0n) is 15.1. The van der Waals surface area contributed by atoms with Crippen molar-refractivity contribution in [2.45, 2.75) is 26.8 Å². The van der Waals surface area contributed by atoms with Gasteiger partial charge in [0, 0.05) is 23.5 Å². The van der Waals surface area contributed by atoms with Crippen molar-refractivity contribution in [2.24, 2.45) is 0 Å². The smallest absolute Gasteiger partial charge is 0.255 e. The van der Waals surface area contributed by atoms with Gasteiger partial charge in [-0.3, -0.25) is 9.52 Å². The molecule has 1 amide bonds. The summed E-state index contributed by atoms with van der Waals surface area (Å²) in [6.45, 7) is 5.47. The molecule has 26 heavy (non-hydrogen) atoms. The molecule has 0 aliphatic heterocycles. The zero-order valence-corrected chi connectivity index (χ0v) is 15.9. The van der Waals surface area contributed by atoms with Crippen LogP contribution >= 0.6 is 0 Å². The van der Waals surface area contributed by atoms with Crippen LogP contribution in [0.1, 0.15) is 36.2 Å². The van der Waals surface area contributed by atoms with E-state index in [9.17, 15) is 13.2 Å². The number of carbonyl (C=O) groups is 1. The van der Waals surface area contributed by atoms with Crippen LogP contribution in [0.5, 0.6) is 0 Å². The maximum absolute atomic E-state index is 12.4. The van der Waals surface area contributed by atoms with Crippen LogP contribution in [0.3, 0.4) is 0 Å². The summed E-state index contributed by atoms with van der Waals surface area (Å²) in [4.78, 5) is 12.4. The summed E-state index contributed by atoms with van der Waals surface area (Å²) in [5, 5.41) is 6.10. The SMILES string of the molecule is CCCS(=O)(=O)Nc1ccc(C(=O)Nc2cccc(CNCC)c2)cc1. The molecule has 140 valence electrons. The molecule has 0 radical (unpaired) electrons. The molecular weight excluding hydrogens is 350 g/mol. The first kappa shape index (κ1) is 19.9.